The van der Waals surface area contributed by atoms with Crippen LogP contribution in [-0.4, -0.2) is 36.7 Å². The highest BCUT2D eigenvalue weighted by Gasteiger charge is 2.28. The molecule has 0 saturated carbocycles. The summed E-state index contributed by atoms with van der Waals surface area (Å²) in [6.07, 6.45) is 5.28. The number of nitrogens with zero attached hydrogens (tertiary/aromatic N) is 2. The van der Waals surface area contributed by atoms with Gasteiger partial charge in [-0.25, -0.2) is 13.4 Å². The van der Waals surface area contributed by atoms with E-state index < -0.39 is 10.0 Å². The van der Waals surface area contributed by atoms with Crippen molar-refractivity contribution < 1.29 is 13.2 Å². The molecule has 0 spiro atoms. The topological polar surface area (TPSA) is 79.4 Å². The highest BCUT2D eigenvalue weighted by Crippen LogP contribution is 2.28. The number of carbonyl (C=O) groups excluding carboxylic acids is 1. The van der Waals surface area contributed by atoms with E-state index in [4.69, 9.17) is 23.2 Å². The molecule has 1 aliphatic heterocycles. The van der Waals surface area contributed by atoms with Crippen LogP contribution in [0.4, 0.5) is 0 Å². The molecule has 3 rings (SSSR count). The van der Waals surface area contributed by atoms with E-state index in [-0.39, 0.29) is 27.9 Å². The van der Waals surface area contributed by atoms with E-state index in [9.17, 15) is 13.2 Å². The number of halogens is 2. The van der Waals surface area contributed by atoms with Gasteiger partial charge in [-0.2, -0.15) is 4.31 Å². The van der Waals surface area contributed by atoms with Gasteiger partial charge in [-0.1, -0.05) is 36.0 Å². The number of thiazole rings is 1. The summed E-state index contributed by atoms with van der Waals surface area (Å²) >= 11 is 13.2. The molecule has 0 unspecified atom stereocenters. The maximum atomic E-state index is 13.0. The normalized spacial score (nSPS) is 16.1. The van der Waals surface area contributed by atoms with Crippen molar-refractivity contribution in [3.05, 3.63) is 44.3 Å². The molecule has 1 N–H and O–H groups in total. The summed E-state index contributed by atoms with van der Waals surface area (Å²) in [5.74, 6) is -0.386. The first-order valence-corrected chi connectivity index (χ1v) is 11.6. The van der Waals surface area contributed by atoms with Gasteiger partial charge in [0.1, 0.15) is 4.90 Å². The Morgan fingerprint density at radius 1 is 1.19 bits per heavy atom. The van der Waals surface area contributed by atoms with Crippen LogP contribution in [0.3, 0.4) is 0 Å². The van der Waals surface area contributed by atoms with Crippen molar-refractivity contribution in [1.82, 2.24) is 14.6 Å². The van der Waals surface area contributed by atoms with E-state index >= 15 is 0 Å². The van der Waals surface area contributed by atoms with Crippen molar-refractivity contribution in [2.45, 2.75) is 37.1 Å². The summed E-state index contributed by atoms with van der Waals surface area (Å²) in [4.78, 5) is 17.1. The van der Waals surface area contributed by atoms with Crippen molar-refractivity contribution in [2.75, 3.05) is 13.1 Å². The van der Waals surface area contributed by atoms with Crippen LogP contribution in [0.5, 0.6) is 0 Å². The molecule has 0 bridgehead atoms. The molecule has 1 aliphatic rings. The fourth-order valence-electron chi connectivity index (χ4n) is 2.90. The smallest absolute Gasteiger partial charge is 0.251 e. The lowest BCUT2D eigenvalue weighted by molar-refractivity contribution is 0.0951. The molecule has 1 aromatic heterocycles. The number of rotatable bonds is 5. The fraction of sp³-hybridized carbons (Fsp3) is 0.412. The quantitative estimate of drug-likeness (QED) is 0.752. The highest BCUT2D eigenvalue weighted by atomic mass is 35.5. The average molecular weight is 448 g/mol. The molecular formula is C17H19Cl2N3O3S2. The molecule has 1 fully saturated rings. The molecule has 146 valence electrons. The number of benzene rings is 1. The Kier molecular flexibility index (Phi) is 6.75. The van der Waals surface area contributed by atoms with Crippen LogP contribution < -0.4 is 5.32 Å². The van der Waals surface area contributed by atoms with Gasteiger partial charge in [0.2, 0.25) is 10.0 Å². The highest BCUT2D eigenvalue weighted by molar-refractivity contribution is 7.89. The SMILES string of the molecule is O=C(NCc1cnc(Cl)s1)c1ccc(Cl)c(S(=O)(=O)N2CCCCCC2)c1. The van der Waals surface area contributed by atoms with Gasteiger partial charge in [0.15, 0.2) is 4.47 Å². The third kappa shape index (κ3) is 5.00. The van der Waals surface area contributed by atoms with Gasteiger partial charge in [0, 0.05) is 29.7 Å². The van der Waals surface area contributed by atoms with Gasteiger partial charge >= 0.3 is 0 Å². The third-order valence-corrected chi connectivity index (χ3v) is 7.82. The number of sulfonamides is 1. The van der Waals surface area contributed by atoms with Crippen molar-refractivity contribution in [2.24, 2.45) is 0 Å². The Morgan fingerprint density at radius 2 is 1.89 bits per heavy atom. The molecule has 0 aliphatic carbocycles. The lowest BCUT2D eigenvalue weighted by atomic mass is 10.2. The maximum Gasteiger partial charge on any atom is 0.251 e. The minimum Gasteiger partial charge on any atom is -0.347 e. The number of carbonyl (C=O) groups is 1. The Balaban J connectivity index is 1.79. The van der Waals surface area contributed by atoms with Crippen LogP contribution >= 0.6 is 34.5 Å². The molecule has 10 heteroatoms. The maximum absolute atomic E-state index is 13.0. The zero-order chi connectivity index (χ0) is 19.4. The van der Waals surface area contributed by atoms with Gasteiger partial charge in [-0.15, -0.1) is 11.3 Å². The summed E-state index contributed by atoms with van der Waals surface area (Å²) in [6, 6.07) is 4.31. The van der Waals surface area contributed by atoms with Gasteiger partial charge in [0.25, 0.3) is 5.91 Å². The standard InChI is InChI=1S/C17H19Cl2N3O3S2/c18-14-6-5-12(16(23)20-10-13-11-21-17(19)26-13)9-15(14)27(24,25)22-7-3-1-2-4-8-22/h5-6,9,11H,1-4,7-8,10H2,(H,20,23). The first-order valence-electron chi connectivity index (χ1n) is 8.56. The molecule has 27 heavy (non-hydrogen) atoms. The Labute approximate surface area is 172 Å². The molecule has 6 nitrogen and oxygen atoms in total. The predicted molar refractivity (Wildman–Crippen MR) is 107 cm³/mol. The van der Waals surface area contributed by atoms with Crippen molar-refractivity contribution in [3.63, 3.8) is 0 Å². The first-order chi connectivity index (χ1) is 12.9. The van der Waals surface area contributed by atoms with E-state index in [0.717, 1.165) is 30.6 Å². The second-order valence-corrected chi connectivity index (χ2v) is 10.2. The van der Waals surface area contributed by atoms with E-state index in [1.54, 1.807) is 6.20 Å². The van der Waals surface area contributed by atoms with E-state index in [1.165, 1.54) is 33.8 Å². The van der Waals surface area contributed by atoms with Crippen molar-refractivity contribution >= 4 is 50.5 Å². The van der Waals surface area contributed by atoms with Gasteiger partial charge in [0.05, 0.1) is 11.6 Å². The first kappa shape index (κ1) is 20.5. The summed E-state index contributed by atoms with van der Waals surface area (Å²) in [5, 5.41) is 2.85. The van der Waals surface area contributed by atoms with E-state index in [2.05, 4.69) is 10.3 Å². The van der Waals surface area contributed by atoms with E-state index in [0.29, 0.717) is 17.6 Å². The molecule has 0 radical (unpaired) electrons. The molecular weight excluding hydrogens is 429 g/mol. The lowest BCUT2D eigenvalue weighted by Crippen LogP contribution is -2.32. The summed E-state index contributed by atoms with van der Waals surface area (Å²) in [7, 11) is -3.74. The Hall–Kier alpha value is -1.19. The molecule has 1 saturated heterocycles. The average Bonchev–Trinajstić information content (AvgIpc) is 2.88. The Bertz CT molecular complexity index is 923. The number of amides is 1. The van der Waals surface area contributed by atoms with Crippen molar-refractivity contribution in [3.8, 4) is 0 Å². The van der Waals surface area contributed by atoms with Crippen LogP contribution in [0.2, 0.25) is 9.49 Å². The molecule has 2 aromatic rings. The zero-order valence-corrected chi connectivity index (χ0v) is 17.6. The molecule has 1 amide bonds. The van der Waals surface area contributed by atoms with Crippen LogP contribution in [0.15, 0.2) is 29.3 Å². The number of hydrogen-bond donors (Lipinski definition) is 1. The summed E-state index contributed by atoms with van der Waals surface area (Å²) in [6.45, 7) is 1.21. The van der Waals surface area contributed by atoms with Crippen molar-refractivity contribution in [1.29, 1.82) is 0 Å². The number of nitrogens with one attached hydrogen (secondary N) is 1. The van der Waals surface area contributed by atoms with Crippen LogP contribution in [0.1, 0.15) is 40.9 Å². The Morgan fingerprint density at radius 3 is 2.52 bits per heavy atom. The third-order valence-electron chi connectivity index (χ3n) is 4.32. The van der Waals surface area contributed by atoms with Gasteiger partial charge < -0.3 is 5.32 Å². The largest absolute Gasteiger partial charge is 0.347 e. The summed E-state index contributed by atoms with van der Waals surface area (Å²) in [5.41, 5.74) is 0.239. The minimum atomic E-state index is -3.74. The minimum absolute atomic E-state index is 0.0282. The number of aromatic nitrogens is 1. The monoisotopic (exact) mass is 447 g/mol. The van der Waals surface area contributed by atoms with Crippen LogP contribution in [0, 0.1) is 0 Å². The predicted octanol–water partition coefficient (Wildman–Crippen LogP) is 3.94. The van der Waals surface area contributed by atoms with Crippen LogP contribution in [-0.2, 0) is 16.6 Å². The fourth-order valence-corrected chi connectivity index (χ4v) is 5.83. The molecule has 1 aromatic carbocycles. The zero-order valence-electron chi connectivity index (χ0n) is 14.5. The van der Waals surface area contributed by atoms with Gasteiger partial charge in [-0.05, 0) is 31.0 Å². The van der Waals surface area contributed by atoms with Crippen LogP contribution in [0.25, 0.3) is 0 Å². The second kappa shape index (κ2) is 8.87. The second-order valence-electron chi connectivity index (χ2n) is 6.23. The number of hydrogen-bond acceptors (Lipinski definition) is 5. The summed E-state index contributed by atoms with van der Waals surface area (Å²) < 4.78 is 27.9. The molecule has 2 heterocycles. The molecule has 0 atom stereocenters. The van der Waals surface area contributed by atoms with E-state index in [1.807, 2.05) is 0 Å². The lowest BCUT2D eigenvalue weighted by Gasteiger charge is -2.21. The van der Waals surface area contributed by atoms with Gasteiger partial charge in [-0.3, -0.25) is 4.79 Å².